The number of aryl methyl sites for hydroxylation is 1. The van der Waals surface area contributed by atoms with Gasteiger partial charge in [-0.05, 0) is 49.4 Å². The van der Waals surface area contributed by atoms with Gasteiger partial charge in [-0.15, -0.1) is 0 Å². The summed E-state index contributed by atoms with van der Waals surface area (Å²) in [6.45, 7) is 1.75. The number of nitro groups is 1. The van der Waals surface area contributed by atoms with Crippen LogP contribution in [0.5, 0.6) is 0 Å². The minimum atomic E-state index is -0.661. The Morgan fingerprint density at radius 2 is 2.21 bits per heavy atom. The lowest BCUT2D eigenvalue weighted by Gasteiger charge is -2.18. The van der Waals surface area contributed by atoms with Crippen molar-refractivity contribution in [3.63, 3.8) is 0 Å². The van der Waals surface area contributed by atoms with E-state index in [1.807, 2.05) is 12.2 Å². The molecule has 1 unspecified atom stereocenters. The molecule has 1 atom stereocenters. The molecule has 0 amide bonds. The van der Waals surface area contributed by atoms with Gasteiger partial charge in [0.25, 0.3) is 10.9 Å². The summed E-state index contributed by atoms with van der Waals surface area (Å²) in [5.41, 5.74) is 1.53. The fourth-order valence-corrected chi connectivity index (χ4v) is 2.66. The highest BCUT2D eigenvalue weighted by molar-refractivity contribution is 6.68. The highest BCUT2D eigenvalue weighted by atomic mass is 35.5. The van der Waals surface area contributed by atoms with Gasteiger partial charge >= 0.3 is 0 Å². The number of benzene rings is 1. The van der Waals surface area contributed by atoms with Crippen LogP contribution in [0.3, 0.4) is 0 Å². The smallest absolute Gasteiger partial charge is 0.273 e. The Balaban J connectivity index is 2.56. The molecule has 1 aromatic carbocycles. The van der Waals surface area contributed by atoms with E-state index in [4.69, 9.17) is 11.6 Å². The minimum Gasteiger partial charge on any atom is -0.276 e. The second-order valence-corrected chi connectivity index (χ2v) is 5.07. The van der Waals surface area contributed by atoms with Crippen molar-refractivity contribution in [1.29, 1.82) is 0 Å². The molecule has 2 rings (SSSR count). The summed E-state index contributed by atoms with van der Waals surface area (Å²) in [7, 11) is 0. The van der Waals surface area contributed by atoms with Gasteiger partial charge in [0, 0.05) is 23.1 Å². The van der Waals surface area contributed by atoms with Crippen LogP contribution in [0.15, 0.2) is 24.3 Å². The van der Waals surface area contributed by atoms with E-state index in [2.05, 4.69) is 0 Å². The van der Waals surface area contributed by atoms with E-state index in [0.717, 1.165) is 19.3 Å². The van der Waals surface area contributed by atoms with E-state index in [9.17, 15) is 14.9 Å². The zero-order valence-corrected chi connectivity index (χ0v) is 11.3. The first-order valence-electron chi connectivity index (χ1n) is 6.16. The van der Waals surface area contributed by atoms with Gasteiger partial charge in [-0.25, -0.2) is 0 Å². The van der Waals surface area contributed by atoms with Crippen LogP contribution >= 0.6 is 11.6 Å². The Bertz CT molecular complexity index is 566. The molecule has 0 N–H and O–H groups in total. The molecule has 0 aliphatic heterocycles. The molecule has 0 heterocycles. The minimum absolute atomic E-state index is 0.0221. The Hall–Kier alpha value is -1.68. The Labute approximate surface area is 116 Å². The highest BCUT2D eigenvalue weighted by Crippen LogP contribution is 2.35. The molecule has 5 heteroatoms. The van der Waals surface area contributed by atoms with Crippen LogP contribution < -0.4 is 0 Å². The molecular formula is C14H14ClNO3. The molecular weight excluding hydrogens is 266 g/mol. The monoisotopic (exact) mass is 279 g/mol. The fraction of sp³-hybridized carbons (Fsp3) is 0.357. The van der Waals surface area contributed by atoms with Crippen molar-refractivity contribution in [3.8, 4) is 0 Å². The van der Waals surface area contributed by atoms with Gasteiger partial charge in [0.1, 0.15) is 0 Å². The third-order valence-electron chi connectivity index (χ3n) is 3.44. The maximum absolute atomic E-state index is 11.3. The maximum Gasteiger partial charge on any atom is 0.273 e. The molecule has 0 bridgehead atoms. The summed E-state index contributed by atoms with van der Waals surface area (Å²) >= 11 is 5.45. The molecule has 1 aliphatic carbocycles. The number of carbonyl (C=O) groups is 1. The quantitative estimate of drug-likeness (QED) is 0.362. The molecule has 0 saturated heterocycles. The summed E-state index contributed by atoms with van der Waals surface area (Å²) in [5.74, 6) is 0.0485. The molecule has 0 aromatic heterocycles. The van der Waals surface area contributed by atoms with Crippen LogP contribution in [0.25, 0.3) is 0 Å². The van der Waals surface area contributed by atoms with E-state index in [0.29, 0.717) is 11.1 Å². The number of halogens is 1. The Morgan fingerprint density at radius 1 is 1.47 bits per heavy atom. The molecule has 19 heavy (non-hydrogen) atoms. The molecule has 0 fully saturated rings. The molecule has 0 radical (unpaired) electrons. The standard InChI is InChI=1S/C14H14ClNO3/c1-9-7-12(10-5-3-2-4-6-10)13(16(18)19)8-11(9)14(15)17/h3,5,7-8,10H,2,4,6H2,1H3. The van der Waals surface area contributed by atoms with Crippen LogP contribution in [-0.2, 0) is 0 Å². The molecule has 1 aromatic rings. The molecule has 0 spiro atoms. The first-order chi connectivity index (χ1) is 9.00. The maximum atomic E-state index is 11.3. The largest absolute Gasteiger partial charge is 0.276 e. The van der Waals surface area contributed by atoms with Crippen LogP contribution in [0.4, 0.5) is 5.69 Å². The number of nitro benzene ring substituents is 1. The average Bonchev–Trinajstić information content (AvgIpc) is 2.38. The van der Waals surface area contributed by atoms with Gasteiger partial charge in [0.05, 0.1) is 4.92 Å². The predicted molar refractivity (Wildman–Crippen MR) is 73.7 cm³/mol. The normalized spacial score (nSPS) is 18.3. The van der Waals surface area contributed by atoms with Crippen molar-refractivity contribution < 1.29 is 9.72 Å². The number of allylic oxidation sites excluding steroid dienone is 2. The lowest BCUT2D eigenvalue weighted by molar-refractivity contribution is -0.385. The third-order valence-corrected chi connectivity index (χ3v) is 3.64. The van der Waals surface area contributed by atoms with E-state index in [1.54, 1.807) is 13.0 Å². The zero-order valence-electron chi connectivity index (χ0n) is 10.6. The van der Waals surface area contributed by atoms with Gasteiger partial charge in [0.2, 0.25) is 0 Å². The van der Waals surface area contributed by atoms with Crippen molar-refractivity contribution >= 4 is 22.5 Å². The third kappa shape index (κ3) is 2.84. The number of carbonyl (C=O) groups excluding carboxylic acids is 1. The summed E-state index contributed by atoms with van der Waals surface area (Å²) in [6, 6.07) is 3.01. The van der Waals surface area contributed by atoms with Gasteiger partial charge in [-0.3, -0.25) is 14.9 Å². The molecule has 1 aliphatic rings. The number of hydrogen-bond donors (Lipinski definition) is 0. The molecule has 0 saturated carbocycles. The van der Waals surface area contributed by atoms with Crippen molar-refractivity contribution in [2.24, 2.45) is 0 Å². The van der Waals surface area contributed by atoms with Crippen molar-refractivity contribution in [3.05, 3.63) is 51.1 Å². The number of hydrogen-bond acceptors (Lipinski definition) is 3. The lowest BCUT2D eigenvalue weighted by atomic mass is 9.86. The average molecular weight is 280 g/mol. The van der Waals surface area contributed by atoms with E-state index >= 15 is 0 Å². The van der Waals surface area contributed by atoms with E-state index in [1.165, 1.54) is 6.07 Å². The second kappa shape index (κ2) is 5.53. The van der Waals surface area contributed by atoms with E-state index in [-0.39, 0.29) is 17.2 Å². The van der Waals surface area contributed by atoms with Crippen LogP contribution in [0.2, 0.25) is 0 Å². The predicted octanol–water partition coefficient (Wildman–Crippen LogP) is 4.11. The van der Waals surface area contributed by atoms with Gasteiger partial charge in [0.15, 0.2) is 0 Å². The van der Waals surface area contributed by atoms with Crippen molar-refractivity contribution in [2.75, 3.05) is 0 Å². The zero-order chi connectivity index (χ0) is 14.0. The highest BCUT2D eigenvalue weighted by Gasteiger charge is 2.24. The van der Waals surface area contributed by atoms with Crippen molar-refractivity contribution in [2.45, 2.75) is 32.1 Å². The van der Waals surface area contributed by atoms with Crippen LogP contribution in [0, 0.1) is 17.0 Å². The first-order valence-corrected chi connectivity index (χ1v) is 6.54. The van der Waals surface area contributed by atoms with Gasteiger partial charge in [-0.2, -0.15) is 0 Å². The lowest BCUT2D eigenvalue weighted by Crippen LogP contribution is -2.06. The fourth-order valence-electron chi connectivity index (χ4n) is 2.46. The summed E-state index contributed by atoms with van der Waals surface area (Å²) in [4.78, 5) is 22.0. The van der Waals surface area contributed by atoms with Crippen LogP contribution in [0.1, 0.15) is 46.7 Å². The number of nitrogens with zero attached hydrogens (tertiary/aromatic N) is 1. The Kier molecular flexibility index (Phi) is 4.00. The second-order valence-electron chi connectivity index (χ2n) is 4.72. The van der Waals surface area contributed by atoms with E-state index < -0.39 is 10.2 Å². The first kappa shape index (κ1) is 13.7. The van der Waals surface area contributed by atoms with Crippen molar-refractivity contribution in [1.82, 2.24) is 0 Å². The Morgan fingerprint density at radius 3 is 2.74 bits per heavy atom. The summed E-state index contributed by atoms with van der Waals surface area (Å²) < 4.78 is 0. The molecule has 4 nitrogen and oxygen atoms in total. The molecule has 100 valence electrons. The van der Waals surface area contributed by atoms with Crippen LogP contribution in [-0.4, -0.2) is 10.2 Å². The van der Waals surface area contributed by atoms with Gasteiger partial charge in [-0.1, -0.05) is 12.2 Å². The summed E-state index contributed by atoms with van der Waals surface area (Å²) in [6.07, 6.45) is 6.99. The SMILES string of the molecule is Cc1cc(C2C=CCCC2)c([N+](=O)[O-])cc1C(=O)Cl. The number of rotatable bonds is 3. The van der Waals surface area contributed by atoms with Gasteiger partial charge < -0.3 is 0 Å². The summed E-state index contributed by atoms with van der Waals surface area (Å²) in [5, 5.41) is 10.5. The topological polar surface area (TPSA) is 60.2 Å².